The number of rotatable bonds is 5. The van der Waals surface area contributed by atoms with Gasteiger partial charge >= 0.3 is 5.97 Å². The normalized spacial score (nSPS) is 12.5. The van der Waals surface area contributed by atoms with Crippen LogP contribution in [0.2, 0.25) is 0 Å². The predicted octanol–water partition coefficient (Wildman–Crippen LogP) is 1.98. The van der Waals surface area contributed by atoms with Crippen molar-refractivity contribution in [3.05, 3.63) is 17.9 Å². The lowest BCUT2D eigenvalue weighted by Gasteiger charge is -2.12. The number of carbonyl (C=O) groups excluding carboxylic acids is 1. The van der Waals surface area contributed by atoms with E-state index >= 15 is 0 Å². The summed E-state index contributed by atoms with van der Waals surface area (Å²) < 4.78 is 5.05. The Hall–Kier alpha value is -1.43. The zero-order valence-corrected chi connectivity index (χ0v) is 10.7. The number of carbonyl (C=O) groups is 2. The Bertz CT molecular complexity index is 413. The molecule has 0 fully saturated rings. The van der Waals surface area contributed by atoms with Crippen LogP contribution in [0.15, 0.2) is 21.6 Å². The molecule has 1 rings (SSSR count). The number of aromatic carboxylic acids is 1. The third kappa shape index (κ3) is 4.14. The smallest absolute Gasteiger partial charge is 0.371 e. The lowest BCUT2D eigenvalue weighted by molar-refractivity contribution is -0.120. The van der Waals surface area contributed by atoms with E-state index in [4.69, 9.17) is 9.52 Å². The molecule has 1 aromatic rings. The van der Waals surface area contributed by atoms with Gasteiger partial charge in [0.25, 0.3) is 0 Å². The number of carboxylic acids is 1. The molecule has 0 bridgehead atoms. The second kappa shape index (κ2) is 5.77. The van der Waals surface area contributed by atoms with Gasteiger partial charge in [-0.15, -0.1) is 0 Å². The van der Waals surface area contributed by atoms with E-state index < -0.39 is 5.97 Å². The molecule has 0 aliphatic carbocycles. The number of hydrogen-bond donors (Lipinski definition) is 2. The van der Waals surface area contributed by atoms with E-state index in [0.29, 0.717) is 5.09 Å². The molecule has 2 N–H and O–H groups in total. The highest BCUT2D eigenvalue weighted by Crippen LogP contribution is 2.25. The van der Waals surface area contributed by atoms with Gasteiger partial charge in [-0.2, -0.15) is 0 Å². The zero-order chi connectivity index (χ0) is 13.0. The van der Waals surface area contributed by atoms with Crippen molar-refractivity contribution in [2.75, 3.05) is 0 Å². The van der Waals surface area contributed by atoms with Gasteiger partial charge in [0.05, 0.1) is 5.25 Å². The van der Waals surface area contributed by atoms with E-state index in [-0.39, 0.29) is 23.0 Å². The molecule has 1 amide bonds. The Labute approximate surface area is 104 Å². The summed E-state index contributed by atoms with van der Waals surface area (Å²) in [6.07, 6.45) is 0. The largest absolute Gasteiger partial charge is 0.475 e. The third-order valence-electron chi connectivity index (χ3n) is 1.89. The van der Waals surface area contributed by atoms with Gasteiger partial charge in [-0.3, -0.25) is 4.79 Å². The summed E-state index contributed by atoms with van der Waals surface area (Å²) in [6.45, 7) is 5.50. The average molecular weight is 257 g/mol. The number of hydrogen-bond acceptors (Lipinski definition) is 4. The molecular formula is C11H15NO4S. The molecule has 0 radical (unpaired) electrons. The highest BCUT2D eigenvalue weighted by atomic mass is 32.2. The lowest BCUT2D eigenvalue weighted by Crippen LogP contribution is -2.35. The second-order valence-electron chi connectivity index (χ2n) is 3.85. The second-order valence-corrected chi connectivity index (χ2v) is 5.19. The van der Waals surface area contributed by atoms with Gasteiger partial charge in [-0.1, -0.05) is 11.8 Å². The van der Waals surface area contributed by atoms with Gasteiger partial charge in [-0.25, -0.2) is 4.79 Å². The fraction of sp³-hybridized carbons (Fsp3) is 0.455. The van der Waals surface area contributed by atoms with Crippen LogP contribution >= 0.6 is 11.8 Å². The van der Waals surface area contributed by atoms with Gasteiger partial charge in [0.1, 0.15) is 0 Å². The Morgan fingerprint density at radius 3 is 2.47 bits per heavy atom. The maximum Gasteiger partial charge on any atom is 0.371 e. The maximum absolute atomic E-state index is 11.6. The Balaban J connectivity index is 2.58. The van der Waals surface area contributed by atoms with Crippen LogP contribution in [0, 0.1) is 0 Å². The third-order valence-corrected chi connectivity index (χ3v) is 2.90. The summed E-state index contributed by atoms with van der Waals surface area (Å²) in [6, 6.07) is 3.00. The minimum Gasteiger partial charge on any atom is -0.475 e. The topological polar surface area (TPSA) is 79.5 Å². The van der Waals surface area contributed by atoms with Crippen molar-refractivity contribution < 1.29 is 19.1 Å². The van der Waals surface area contributed by atoms with E-state index in [0.717, 1.165) is 0 Å². The minimum absolute atomic E-state index is 0.0803. The Morgan fingerprint density at radius 2 is 2.00 bits per heavy atom. The molecule has 0 aliphatic heterocycles. The van der Waals surface area contributed by atoms with Gasteiger partial charge in [-0.05, 0) is 32.9 Å². The number of thioether (sulfide) groups is 1. The minimum atomic E-state index is -1.11. The first-order valence-electron chi connectivity index (χ1n) is 5.20. The highest BCUT2D eigenvalue weighted by molar-refractivity contribution is 8.00. The maximum atomic E-state index is 11.6. The molecule has 1 unspecified atom stereocenters. The van der Waals surface area contributed by atoms with Crippen LogP contribution < -0.4 is 5.32 Å². The number of carboxylic acid groups (broad SMARTS) is 1. The molecular weight excluding hydrogens is 242 g/mol. The quantitative estimate of drug-likeness (QED) is 0.788. The van der Waals surface area contributed by atoms with Gasteiger partial charge in [0.2, 0.25) is 11.7 Å². The molecule has 17 heavy (non-hydrogen) atoms. The molecule has 5 nitrogen and oxygen atoms in total. The van der Waals surface area contributed by atoms with E-state index in [1.807, 2.05) is 13.8 Å². The molecule has 94 valence electrons. The Morgan fingerprint density at radius 1 is 1.35 bits per heavy atom. The van der Waals surface area contributed by atoms with Crippen LogP contribution in [0.1, 0.15) is 31.3 Å². The summed E-state index contributed by atoms with van der Waals surface area (Å²) in [5.41, 5.74) is 0. The van der Waals surface area contributed by atoms with Crippen LogP contribution in [0.3, 0.4) is 0 Å². The fourth-order valence-electron chi connectivity index (χ4n) is 1.13. The molecule has 0 saturated heterocycles. The van der Waals surface area contributed by atoms with Crippen molar-refractivity contribution in [3.63, 3.8) is 0 Å². The highest BCUT2D eigenvalue weighted by Gasteiger charge is 2.18. The predicted molar refractivity (Wildman–Crippen MR) is 64.3 cm³/mol. The summed E-state index contributed by atoms with van der Waals surface area (Å²) >= 11 is 1.19. The van der Waals surface area contributed by atoms with Crippen molar-refractivity contribution in [2.45, 2.75) is 37.2 Å². The summed E-state index contributed by atoms with van der Waals surface area (Å²) in [5, 5.41) is 11.5. The van der Waals surface area contributed by atoms with Crippen LogP contribution in [0.25, 0.3) is 0 Å². The van der Waals surface area contributed by atoms with Crippen molar-refractivity contribution in [3.8, 4) is 0 Å². The van der Waals surface area contributed by atoms with E-state index in [9.17, 15) is 9.59 Å². The first-order valence-corrected chi connectivity index (χ1v) is 6.08. The van der Waals surface area contributed by atoms with Crippen molar-refractivity contribution in [1.29, 1.82) is 0 Å². The van der Waals surface area contributed by atoms with Crippen molar-refractivity contribution in [1.82, 2.24) is 5.32 Å². The summed E-state index contributed by atoms with van der Waals surface area (Å²) in [7, 11) is 0. The van der Waals surface area contributed by atoms with Crippen molar-refractivity contribution in [2.24, 2.45) is 0 Å². The molecule has 0 saturated carbocycles. The average Bonchev–Trinajstić information content (AvgIpc) is 2.65. The molecule has 0 spiro atoms. The monoisotopic (exact) mass is 257 g/mol. The first-order chi connectivity index (χ1) is 7.90. The SMILES string of the molecule is CC(C)NC(=O)C(C)Sc1ccc(C(=O)O)o1. The van der Waals surface area contributed by atoms with E-state index in [1.165, 1.54) is 17.8 Å². The summed E-state index contributed by atoms with van der Waals surface area (Å²) in [4.78, 5) is 22.2. The van der Waals surface area contributed by atoms with Crippen LogP contribution in [0.5, 0.6) is 0 Å². The van der Waals surface area contributed by atoms with E-state index in [1.54, 1.807) is 13.0 Å². The fourth-order valence-corrected chi connectivity index (χ4v) is 1.94. The van der Waals surface area contributed by atoms with Gasteiger partial charge in [0.15, 0.2) is 5.09 Å². The zero-order valence-electron chi connectivity index (χ0n) is 9.89. The summed E-state index contributed by atoms with van der Waals surface area (Å²) in [5.74, 6) is -1.33. The molecule has 0 aliphatic rings. The first kappa shape index (κ1) is 13.6. The van der Waals surface area contributed by atoms with E-state index in [2.05, 4.69) is 5.32 Å². The number of nitrogens with one attached hydrogen (secondary N) is 1. The van der Waals surface area contributed by atoms with Crippen LogP contribution in [-0.2, 0) is 4.79 Å². The van der Waals surface area contributed by atoms with Crippen LogP contribution in [0.4, 0.5) is 0 Å². The molecule has 1 aromatic heterocycles. The van der Waals surface area contributed by atoms with Crippen molar-refractivity contribution >= 4 is 23.6 Å². The standard InChI is InChI=1S/C11H15NO4S/c1-6(2)12-10(13)7(3)17-9-5-4-8(16-9)11(14)15/h4-7H,1-3H3,(H,12,13)(H,14,15). The molecule has 0 aromatic carbocycles. The van der Waals surface area contributed by atoms with Gasteiger partial charge in [0, 0.05) is 6.04 Å². The lowest BCUT2D eigenvalue weighted by atomic mass is 10.3. The van der Waals surface area contributed by atoms with Gasteiger partial charge < -0.3 is 14.8 Å². The number of amides is 1. The van der Waals surface area contributed by atoms with Crippen LogP contribution in [-0.4, -0.2) is 28.3 Å². The molecule has 6 heteroatoms. The number of furan rings is 1. The molecule has 1 heterocycles. The Kier molecular flexibility index (Phi) is 4.62. The molecule has 1 atom stereocenters.